The van der Waals surface area contributed by atoms with Crippen LogP contribution < -0.4 is 5.73 Å². The number of fused-ring (bicyclic) bond motifs is 1. The highest BCUT2D eigenvalue weighted by atomic mass is 35.5. The molecule has 18 heavy (non-hydrogen) atoms. The van der Waals surface area contributed by atoms with E-state index in [9.17, 15) is 0 Å². The fourth-order valence-corrected chi connectivity index (χ4v) is 2.08. The van der Waals surface area contributed by atoms with Crippen molar-refractivity contribution in [1.82, 2.24) is 9.97 Å². The second-order valence-corrected chi connectivity index (χ2v) is 4.58. The number of nitrogens with two attached hydrogens (primary N) is 1. The van der Waals surface area contributed by atoms with Gasteiger partial charge >= 0.3 is 0 Å². The van der Waals surface area contributed by atoms with E-state index in [-0.39, 0.29) is 0 Å². The molecule has 1 heterocycles. The molecule has 3 N–H and O–H groups in total. The number of hydrogen-bond acceptors (Lipinski definition) is 2. The van der Waals surface area contributed by atoms with Crippen molar-refractivity contribution >= 4 is 22.6 Å². The van der Waals surface area contributed by atoms with Crippen molar-refractivity contribution < 1.29 is 0 Å². The second-order valence-electron chi connectivity index (χ2n) is 4.15. The monoisotopic (exact) mass is 257 g/mol. The molecular formula is C14H12ClN3. The molecule has 3 rings (SSSR count). The van der Waals surface area contributed by atoms with Crippen LogP contribution in [0.1, 0.15) is 5.56 Å². The van der Waals surface area contributed by atoms with Gasteiger partial charge < -0.3 is 10.7 Å². The number of hydrogen-bond donors (Lipinski definition) is 2. The molecule has 90 valence electrons. The number of aromatic amines is 1. The number of nitrogens with one attached hydrogen (secondary N) is 1. The fraction of sp³-hybridized carbons (Fsp3) is 0.0714. The van der Waals surface area contributed by atoms with Crippen LogP contribution in [0.2, 0.25) is 5.02 Å². The van der Waals surface area contributed by atoms with Crippen molar-refractivity contribution in [2.24, 2.45) is 5.73 Å². The number of nitrogens with zero attached hydrogens (tertiary/aromatic N) is 1. The van der Waals surface area contributed by atoms with E-state index in [0.29, 0.717) is 11.6 Å². The van der Waals surface area contributed by atoms with Crippen LogP contribution in [0.3, 0.4) is 0 Å². The summed E-state index contributed by atoms with van der Waals surface area (Å²) in [6, 6.07) is 13.7. The third-order valence-electron chi connectivity index (χ3n) is 2.91. The lowest BCUT2D eigenvalue weighted by atomic mass is 10.1. The van der Waals surface area contributed by atoms with Gasteiger partial charge in [0.1, 0.15) is 5.82 Å². The Balaban J connectivity index is 2.07. The number of imidazole rings is 1. The molecule has 0 saturated carbocycles. The zero-order valence-corrected chi connectivity index (χ0v) is 10.4. The molecule has 0 aliphatic heterocycles. The third kappa shape index (κ3) is 1.98. The summed E-state index contributed by atoms with van der Waals surface area (Å²) < 4.78 is 0. The molecule has 0 spiro atoms. The van der Waals surface area contributed by atoms with Gasteiger partial charge in [-0.3, -0.25) is 0 Å². The fourth-order valence-electron chi connectivity index (χ4n) is 1.91. The lowest BCUT2D eigenvalue weighted by Gasteiger charge is -1.98. The molecule has 0 aliphatic carbocycles. The summed E-state index contributed by atoms with van der Waals surface area (Å²) in [5.74, 6) is 0.843. The maximum absolute atomic E-state index is 5.95. The number of H-pyrrole nitrogens is 1. The zero-order valence-electron chi connectivity index (χ0n) is 9.65. The minimum Gasteiger partial charge on any atom is -0.338 e. The van der Waals surface area contributed by atoms with Crippen molar-refractivity contribution in [3.05, 3.63) is 53.1 Å². The van der Waals surface area contributed by atoms with Gasteiger partial charge in [0.05, 0.1) is 11.0 Å². The molecule has 3 nitrogen and oxygen atoms in total. The van der Waals surface area contributed by atoms with Gasteiger partial charge in [-0.15, -0.1) is 0 Å². The summed E-state index contributed by atoms with van der Waals surface area (Å²) in [7, 11) is 0. The predicted octanol–water partition coefficient (Wildman–Crippen LogP) is 3.34. The number of rotatable bonds is 2. The number of benzene rings is 2. The molecule has 0 aliphatic rings. The van der Waals surface area contributed by atoms with E-state index < -0.39 is 0 Å². The number of halogens is 1. The predicted molar refractivity (Wildman–Crippen MR) is 74.4 cm³/mol. The first-order valence-corrected chi connectivity index (χ1v) is 6.09. The van der Waals surface area contributed by atoms with Gasteiger partial charge in [-0.05, 0) is 23.8 Å². The Kier molecular flexibility index (Phi) is 2.78. The topological polar surface area (TPSA) is 54.7 Å². The van der Waals surface area contributed by atoms with Gasteiger partial charge in [-0.2, -0.15) is 0 Å². The van der Waals surface area contributed by atoms with Gasteiger partial charge in [0, 0.05) is 17.1 Å². The van der Waals surface area contributed by atoms with Crippen LogP contribution in [0.25, 0.3) is 22.4 Å². The van der Waals surface area contributed by atoms with Crippen LogP contribution in [-0.4, -0.2) is 9.97 Å². The minimum absolute atomic E-state index is 0.552. The molecule has 0 saturated heterocycles. The molecule has 2 aromatic carbocycles. The standard InChI is InChI=1S/C14H12ClN3/c15-11-5-6-12-13(7-11)18-14(17-12)10-3-1-9(8-16)2-4-10/h1-7H,8,16H2,(H,17,18). The molecular weight excluding hydrogens is 246 g/mol. The molecule has 0 bridgehead atoms. The van der Waals surface area contributed by atoms with Crippen LogP contribution in [0, 0.1) is 0 Å². The van der Waals surface area contributed by atoms with E-state index in [4.69, 9.17) is 17.3 Å². The van der Waals surface area contributed by atoms with Gasteiger partial charge in [-0.25, -0.2) is 4.98 Å². The Morgan fingerprint density at radius 3 is 2.61 bits per heavy atom. The van der Waals surface area contributed by atoms with Gasteiger partial charge in [0.15, 0.2) is 0 Å². The van der Waals surface area contributed by atoms with Gasteiger partial charge in [0.2, 0.25) is 0 Å². The molecule has 4 heteroatoms. The first kappa shape index (κ1) is 11.3. The summed E-state index contributed by atoms with van der Waals surface area (Å²) in [4.78, 5) is 7.80. The molecule has 1 aromatic heterocycles. The van der Waals surface area contributed by atoms with Gasteiger partial charge in [0.25, 0.3) is 0 Å². The lowest BCUT2D eigenvalue weighted by Crippen LogP contribution is -1.95. The van der Waals surface area contributed by atoms with Crippen LogP contribution in [0.4, 0.5) is 0 Å². The van der Waals surface area contributed by atoms with E-state index in [2.05, 4.69) is 9.97 Å². The molecule has 0 amide bonds. The lowest BCUT2D eigenvalue weighted by molar-refractivity contribution is 1.07. The summed E-state index contributed by atoms with van der Waals surface area (Å²) in [5.41, 5.74) is 9.59. The zero-order chi connectivity index (χ0) is 12.5. The van der Waals surface area contributed by atoms with Crippen molar-refractivity contribution in [1.29, 1.82) is 0 Å². The molecule has 3 aromatic rings. The van der Waals surface area contributed by atoms with E-state index in [1.807, 2.05) is 42.5 Å². The van der Waals surface area contributed by atoms with Crippen molar-refractivity contribution in [2.45, 2.75) is 6.54 Å². The normalized spacial score (nSPS) is 11.0. The highest BCUT2D eigenvalue weighted by Crippen LogP contribution is 2.23. The molecule has 0 unspecified atom stereocenters. The average Bonchev–Trinajstić information content (AvgIpc) is 2.81. The highest BCUT2D eigenvalue weighted by Gasteiger charge is 2.05. The van der Waals surface area contributed by atoms with Gasteiger partial charge in [-0.1, -0.05) is 35.9 Å². The maximum Gasteiger partial charge on any atom is 0.138 e. The van der Waals surface area contributed by atoms with Crippen LogP contribution in [0.15, 0.2) is 42.5 Å². The van der Waals surface area contributed by atoms with Crippen molar-refractivity contribution in [2.75, 3.05) is 0 Å². The second kappa shape index (κ2) is 4.44. The average molecular weight is 258 g/mol. The van der Waals surface area contributed by atoms with Crippen LogP contribution >= 0.6 is 11.6 Å². The Labute approximate surface area is 110 Å². The third-order valence-corrected chi connectivity index (χ3v) is 3.14. The van der Waals surface area contributed by atoms with Crippen LogP contribution in [-0.2, 0) is 6.54 Å². The SMILES string of the molecule is NCc1ccc(-c2nc3cc(Cl)ccc3[nH]2)cc1. The Bertz CT molecular complexity index is 686. The Morgan fingerprint density at radius 2 is 1.89 bits per heavy atom. The summed E-state index contributed by atoms with van der Waals surface area (Å²) in [5, 5.41) is 0.694. The molecule has 0 fully saturated rings. The first-order chi connectivity index (χ1) is 8.76. The summed E-state index contributed by atoms with van der Waals surface area (Å²) in [6.07, 6.45) is 0. The maximum atomic E-state index is 5.95. The van der Waals surface area contributed by atoms with Crippen LogP contribution in [0.5, 0.6) is 0 Å². The Hall–Kier alpha value is -1.84. The quantitative estimate of drug-likeness (QED) is 0.740. The summed E-state index contributed by atoms with van der Waals surface area (Å²) >= 11 is 5.95. The van der Waals surface area contributed by atoms with E-state index >= 15 is 0 Å². The van der Waals surface area contributed by atoms with Crippen molar-refractivity contribution in [3.8, 4) is 11.4 Å². The first-order valence-electron chi connectivity index (χ1n) is 5.71. The minimum atomic E-state index is 0.552. The summed E-state index contributed by atoms with van der Waals surface area (Å²) in [6.45, 7) is 0.552. The van der Waals surface area contributed by atoms with E-state index in [1.165, 1.54) is 0 Å². The number of aromatic nitrogens is 2. The van der Waals surface area contributed by atoms with E-state index in [1.54, 1.807) is 0 Å². The van der Waals surface area contributed by atoms with Crippen molar-refractivity contribution in [3.63, 3.8) is 0 Å². The van der Waals surface area contributed by atoms with E-state index in [0.717, 1.165) is 28.0 Å². The Morgan fingerprint density at radius 1 is 1.11 bits per heavy atom. The highest BCUT2D eigenvalue weighted by molar-refractivity contribution is 6.31. The smallest absolute Gasteiger partial charge is 0.138 e. The largest absolute Gasteiger partial charge is 0.338 e. The molecule has 0 atom stereocenters. The molecule has 0 radical (unpaired) electrons.